The van der Waals surface area contributed by atoms with Gasteiger partial charge in [0.25, 0.3) is 0 Å². The minimum atomic E-state index is 0.498. The monoisotopic (exact) mass is 532 g/mol. The summed E-state index contributed by atoms with van der Waals surface area (Å²) in [6.45, 7) is 10.6. The first-order valence-corrected chi connectivity index (χ1v) is 13.9. The second-order valence-electron chi connectivity index (χ2n) is 9.99. The van der Waals surface area contributed by atoms with Crippen LogP contribution < -0.4 is 14.5 Å². The van der Waals surface area contributed by atoms with Crippen LogP contribution in [0.4, 0.5) is 11.4 Å². The topological polar surface area (TPSA) is 59.5 Å². The van der Waals surface area contributed by atoms with Gasteiger partial charge in [0, 0.05) is 63.4 Å². The minimum Gasteiger partial charge on any atom is -0.497 e. The Bertz CT molecular complexity index is 1160. The van der Waals surface area contributed by atoms with Crippen molar-refractivity contribution >= 4 is 11.4 Å². The largest absolute Gasteiger partial charge is 0.497 e. The van der Waals surface area contributed by atoms with Crippen molar-refractivity contribution in [3.8, 4) is 5.75 Å². The molecule has 0 bridgehead atoms. The molecule has 0 unspecified atom stereocenters. The van der Waals surface area contributed by atoms with E-state index >= 15 is 0 Å². The van der Waals surface area contributed by atoms with Gasteiger partial charge in [0.1, 0.15) is 5.75 Å². The number of hydrogen-bond donors (Lipinski definition) is 0. The Morgan fingerprint density at radius 3 is 2.33 bits per heavy atom. The van der Waals surface area contributed by atoms with Gasteiger partial charge in [-0.1, -0.05) is 24.3 Å². The summed E-state index contributed by atoms with van der Waals surface area (Å²) in [5, 5.41) is 0. The molecule has 8 nitrogen and oxygen atoms in total. The first-order chi connectivity index (χ1) is 19.3. The number of morpholine rings is 2. The predicted molar refractivity (Wildman–Crippen MR) is 154 cm³/mol. The third-order valence-corrected chi connectivity index (χ3v) is 7.24. The minimum absolute atomic E-state index is 0.498. The molecule has 0 N–H and O–H groups in total. The molecule has 0 atom stereocenters. The van der Waals surface area contributed by atoms with Gasteiger partial charge in [-0.15, -0.1) is 0 Å². The van der Waals surface area contributed by atoms with Gasteiger partial charge in [-0.2, -0.15) is 0 Å². The molecular weight excluding hydrogens is 492 g/mol. The number of anilines is 2. The van der Waals surface area contributed by atoms with Crippen LogP contribution in [0.25, 0.3) is 0 Å². The molecule has 2 aliphatic rings. The van der Waals surface area contributed by atoms with E-state index in [-0.39, 0.29) is 0 Å². The maximum Gasteiger partial charge on any atom is 0.119 e. The molecule has 39 heavy (non-hydrogen) atoms. The van der Waals surface area contributed by atoms with Crippen molar-refractivity contribution < 1.29 is 18.9 Å². The molecule has 3 aromatic rings. The normalized spacial score (nSPS) is 16.3. The van der Waals surface area contributed by atoms with Gasteiger partial charge in [0.2, 0.25) is 0 Å². The van der Waals surface area contributed by atoms with E-state index in [1.807, 2.05) is 18.3 Å². The van der Waals surface area contributed by atoms with E-state index in [0.29, 0.717) is 13.2 Å². The number of benzene rings is 2. The molecular formula is C31H40N4O4. The lowest BCUT2D eigenvalue weighted by Gasteiger charge is -2.30. The van der Waals surface area contributed by atoms with E-state index in [1.165, 1.54) is 16.8 Å². The third kappa shape index (κ3) is 8.16. The summed E-state index contributed by atoms with van der Waals surface area (Å²) >= 11 is 0. The van der Waals surface area contributed by atoms with E-state index < -0.39 is 0 Å². The van der Waals surface area contributed by atoms with Gasteiger partial charge in [0.15, 0.2) is 0 Å². The average Bonchev–Trinajstić information content (AvgIpc) is 3.00. The van der Waals surface area contributed by atoms with Crippen LogP contribution in [0.1, 0.15) is 16.8 Å². The lowest BCUT2D eigenvalue weighted by molar-refractivity contribution is 0.0177. The van der Waals surface area contributed by atoms with E-state index in [2.05, 4.69) is 68.2 Å². The molecule has 1 aromatic heterocycles. The molecule has 3 heterocycles. The molecule has 0 aliphatic carbocycles. The average molecular weight is 533 g/mol. The molecule has 0 spiro atoms. The van der Waals surface area contributed by atoms with Crippen LogP contribution in [-0.4, -0.2) is 82.8 Å². The van der Waals surface area contributed by atoms with Gasteiger partial charge in [-0.05, 0) is 47.5 Å². The number of methoxy groups -OCH3 is 1. The second kappa shape index (κ2) is 14.3. The second-order valence-corrected chi connectivity index (χ2v) is 9.99. The van der Waals surface area contributed by atoms with Crippen LogP contribution in [0.5, 0.6) is 5.75 Å². The zero-order valence-electron chi connectivity index (χ0n) is 23.0. The third-order valence-electron chi connectivity index (χ3n) is 7.24. The van der Waals surface area contributed by atoms with Crippen molar-refractivity contribution in [1.29, 1.82) is 0 Å². The Labute approximate surface area is 232 Å². The van der Waals surface area contributed by atoms with Crippen LogP contribution in [0.3, 0.4) is 0 Å². The summed E-state index contributed by atoms with van der Waals surface area (Å²) in [5.74, 6) is 0.867. The van der Waals surface area contributed by atoms with Crippen LogP contribution in [-0.2, 0) is 33.9 Å². The van der Waals surface area contributed by atoms with E-state index in [1.54, 1.807) is 7.11 Å². The molecule has 0 amide bonds. The molecule has 5 rings (SSSR count). The first-order valence-electron chi connectivity index (χ1n) is 13.9. The zero-order valence-corrected chi connectivity index (χ0v) is 23.0. The lowest BCUT2D eigenvalue weighted by Crippen LogP contribution is -2.38. The summed E-state index contributed by atoms with van der Waals surface area (Å²) in [5.41, 5.74) is 5.77. The van der Waals surface area contributed by atoms with Crippen molar-refractivity contribution in [3.05, 3.63) is 83.7 Å². The van der Waals surface area contributed by atoms with E-state index in [4.69, 9.17) is 18.9 Å². The van der Waals surface area contributed by atoms with Gasteiger partial charge >= 0.3 is 0 Å². The van der Waals surface area contributed by atoms with Gasteiger partial charge < -0.3 is 28.7 Å². The summed E-state index contributed by atoms with van der Waals surface area (Å²) in [7, 11) is 1.71. The lowest BCUT2D eigenvalue weighted by atomic mass is 10.1. The smallest absolute Gasteiger partial charge is 0.119 e. The van der Waals surface area contributed by atoms with Gasteiger partial charge in [-0.25, -0.2) is 0 Å². The zero-order chi connectivity index (χ0) is 26.7. The van der Waals surface area contributed by atoms with Gasteiger partial charge in [0.05, 0.1) is 52.4 Å². The highest BCUT2D eigenvalue weighted by molar-refractivity contribution is 5.52. The predicted octanol–water partition coefficient (Wildman–Crippen LogP) is 3.98. The van der Waals surface area contributed by atoms with Crippen LogP contribution in [0.2, 0.25) is 0 Å². The SMILES string of the molecule is COc1cccc(CN(Cc2cccc(N3CCOCC3)c2)c2ccnc(COCCN3CCOCC3)c2)c1. The van der Waals surface area contributed by atoms with Crippen LogP contribution >= 0.6 is 0 Å². The number of ether oxygens (including phenoxy) is 4. The standard InChI is InChI=1S/C31H40N4O4/c1-36-31-7-3-5-27(21-31)24-35(23-26-4-2-6-29(20-26)34-13-18-38-19-14-34)30-8-9-32-28(22-30)25-39-17-12-33-10-15-37-16-11-33/h2-9,20-22H,10-19,23-25H2,1H3. The molecule has 2 aromatic carbocycles. The molecule has 0 saturated carbocycles. The summed E-state index contributed by atoms with van der Waals surface area (Å²) < 4.78 is 22.5. The Morgan fingerprint density at radius 2 is 1.56 bits per heavy atom. The number of nitrogens with zero attached hydrogens (tertiary/aromatic N) is 4. The van der Waals surface area contributed by atoms with E-state index in [9.17, 15) is 0 Å². The molecule has 8 heteroatoms. The maximum absolute atomic E-state index is 6.01. The Hall–Kier alpha value is -3.17. The number of aromatic nitrogens is 1. The number of hydrogen-bond acceptors (Lipinski definition) is 8. The van der Waals surface area contributed by atoms with Crippen LogP contribution in [0, 0.1) is 0 Å². The Morgan fingerprint density at radius 1 is 0.846 bits per heavy atom. The van der Waals surface area contributed by atoms with E-state index in [0.717, 1.165) is 89.4 Å². The van der Waals surface area contributed by atoms with Crippen LogP contribution in [0.15, 0.2) is 66.9 Å². The quantitative estimate of drug-likeness (QED) is 0.325. The molecule has 2 fully saturated rings. The highest BCUT2D eigenvalue weighted by Gasteiger charge is 2.15. The van der Waals surface area contributed by atoms with Gasteiger partial charge in [-0.3, -0.25) is 9.88 Å². The number of rotatable bonds is 12. The maximum atomic E-state index is 6.01. The Balaban J connectivity index is 1.29. The van der Waals surface area contributed by atoms with Crippen molar-refractivity contribution in [3.63, 3.8) is 0 Å². The Kier molecular flexibility index (Phi) is 10.0. The number of pyridine rings is 1. The highest BCUT2D eigenvalue weighted by Crippen LogP contribution is 2.25. The summed E-state index contributed by atoms with van der Waals surface area (Å²) in [4.78, 5) is 11.8. The van der Waals surface area contributed by atoms with Crippen molar-refractivity contribution in [2.45, 2.75) is 19.7 Å². The summed E-state index contributed by atoms with van der Waals surface area (Å²) in [6, 6.07) is 21.4. The first kappa shape index (κ1) is 27.4. The molecule has 208 valence electrons. The fraction of sp³-hybridized carbons (Fsp3) is 0.452. The van der Waals surface area contributed by atoms with Crippen molar-refractivity contribution in [2.24, 2.45) is 0 Å². The van der Waals surface area contributed by atoms with Crippen molar-refractivity contribution in [1.82, 2.24) is 9.88 Å². The molecule has 0 radical (unpaired) electrons. The molecule has 2 saturated heterocycles. The fourth-order valence-electron chi connectivity index (χ4n) is 5.06. The van der Waals surface area contributed by atoms with Crippen molar-refractivity contribution in [2.75, 3.05) is 82.7 Å². The summed E-state index contributed by atoms with van der Waals surface area (Å²) in [6.07, 6.45) is 1.89. The fourth-order valence-corrected chi connectivity index (χ4v) is 5.06. The molecule has 2 aliphatic heterocycles. The highest BCUT2D eigenvalue weighted by atomic mass is 16.5.